The number of aromatic amines is 1. The molecule has 0 bridgehead atoms. The molecule has 3 N–H and O–H groups in total. The number of aromatic hydroxyl groups is 1. The maximum Gasteiger partial charge on any atom is 0.290 e. The third kappa shape index (κ3) is 2.83. The van der Waals surface area contributed by atoms with Gasteiger partial charge in [-0.15, -0.1) is 0 Å². The standard InChI is InChI=1S/C20H16F2N4O2/c1-11-20(12-2-4-14(21)5-3-12,13-8-9-23-17(22)10-13)26-18(24-11)15-6-7-16(27)19(28)25-15/h2-11,27H,1H3,(H,24,26)(H,25,28)/t11-,20+/m0/s1. The molecule has 0 unspecified atom stereocenters. The molecule has 0 aliphatic carbocycles. The highest BCUT2D eigenvalue weighted by Gasteiger charge is 2.45. The third-order valence-corrected chi connectivity index (χ3v) is 4.86. The summed E-state index contributed by atoms with van der Waals surface area (Å²) in [6.07, 6.45) is 1.35. The van der Waals surface area contributed by atoms with Crippen molar-refractivity contribution in [3.05, 3.63) is 93.7 Å². The zero-order valence-electron chi connectivity index (χ0n) is 14.8. The van der Waals surface area contributed by atoms with Crippen LogP contribution in [0.4, 0.5) is 8.78 Å². The predicted octanol–water partition coefficient (Wildman–Crippen LogP) is 2.44. The van der Waals surface area contributed by atoms with Gasteiger partial charge in [-0.25, -0.2) is 14.4 Å². The number of halogens is 2. The smallest absolute Gasteiger partial charge is 0.290 e. The van der Waals surface area contributed by atoms with Gasteiger partial charge in [-0.1, -0.05) is 12.1 Å². The third-order valence-electron chi connectivity index (χ3n) is 4.86. The maximum atomic E-state index is 13.9. The molecule has 2 atom stereocenters. The molecule has 4 rings (SSSR count). The molecule has 1 aliphatic heterocycles. The highest BCUT2D eigenvalue weighted by Crippen LogP contribution is 2.40. The molecule has 1 aromatic carbocycles. The number of aliphatic imine (C=N–C) groups is 1. The van der Waals surface area contributed by atoms with Gasteiger partial charge in [-0.2, -0.15) is 4.39 Å². The van der Waals surface area contributed by atoms with Crippen LogP contribution in [0.15, 0.2) is 64.5 Å². The Bertz CT molecular complexity index is 1130. The Morgan fingerprint density at radius 1 is 1.07 bits per heavy atom. The number of nitrogens with one attached hydrogen (secondary N) is 2. The molecular formula is C20H16F2N4O2. The van der Waals surface area contributed by atoms with Gasteiger partial charge in [0.05, 0.1) is 11.7 Å². The first kappa shape index (κ1) is 17.8. The summed E-state index contributed by atoms with van der Waals surface area (Å²) in [5, 5.41) is 12.7. The molecule has 1 aliphatic rings. The monoisotopic (exact) mass is 382 g/mol. The zero-order chi connectivity index (χ0) is 19.9. The van der Waals surface area contributed by atoms with E-state index in [-0.39, 0.29) is 6.04 Å². The number of hydrogen-bond acceptors (Lipinski definition) is 5. The second-order valence-electron chi connectivity index (χ2n) is 6.55. The summed E-state index contributed by atoms with van der Waals surface area (Å²) < 4.78 is 27.4. The van der Waals surface area contributed by atoms with Gasteiger partial charge in [0.25, 0.3) is 5.56 Å². The predicted molar refractivity (Wildman–Crippen MR) is 99.2 cm³/mol. The molecular weight excluding hydrogens is 366 g/mol. The molecule has 142 valence electrons. The van der Waals surface area contributed by atoms with E-state index < -0.39 is 28.6 Å². The van der Waals surface area contributed by atoms with E-state index in [0.29, 0.717) is 22.7 Å². The average Bonchev–Trinajstić information content (AvgIpc) is 3.03. The van der Waals surface area contributed by atoms with Crippen LogP contribution in [-0.4, -0.2) is 27.0 Å². The van der Waals surface area contributed by atoms with Crippen LogP contribution < -0.4 is 10.9 Å². The van der Waals surface area contributed by atoms with Crippen molar-refractivity contribution in [1.29, 1.82) is 0 Å². The first-order chi connectivity index (χ1) is 13.4. The van der Waals surface area contributed by atoms with Gasteiger partial charge < -0.3 is 15.4 Å². The first-order valence-corrected chi connectivity index (χ1v) is 8.57. The molecule has 0 saturated carbocycles. The maximum absolute atomic E-state index is 13.9. The van der Waals surface area contributed by atoms with Crippen LogP contribution in [0, 0.1) is 11.8 Å². The van der Waals surface area contributed by atoms with Crippen LogP contribution >= 0.6 is 0 Å². The van der Waals surface area contributed by atoms with Crippen molar-refractivity contribution in [2.75, 3.05) is 0 Å². The minimum Gasteiger partial charge on any atom is -0.503 e. The average molecular weight is 382 g/mol. The summed E-state index contributed by atoms with van der Waals surface area (Å²) in [7, 11) is 0. The summed E-state index contributed by atoms with van der Waals surface area (Å²) in [6, 6.07) is 11.2. The molecule has 0 fully saturated rings. The summed E-state index contributed by atoms with van der Waals surface area (Å²) in [6.45, 7) is 1.86. The number of benzene rings is 1. The Kier molecular flexibility index (Phi) is 4.18. The topological polar surface area (TPSA) is 90.4 Å². The summed E-state index contributed by atoms with van der Waals surface area (Å²) in [4.78, 5) is 22.7. The number of aromatic nitrogens is 2. The van der Waals surface area contributed by atoms with Crippen LogP contribution in [0.3, 0.4) is 0 Å². The number of hydrogen-bond donors (Lipinski definition) is 3. The van der Waals surface area contributed by atoms with E-state index >= 15 is 0 Å². The molecule has 8 heteroatoms. The molecule has 3 heterocycles. The molecule has 0 saturated heterocycles. The lowest BCUT2D eigenvalue weighted by molar-refractivity contribution is 0.448. The van der Waals surface area contributed by atoms with Crippen molar-refractivity contribution in [2.24, 2.45) is 4.99 Å². The number of amidine groups is 1. The van der Waals surface area contributed by atoms with Crippen LogP contribution in [0.25, 0.3) is 0 Å². The molecule has 0 spiro atoms. The summed E-state index contributed by atoms with van der Waals surface area (Å²) in [5.41, 5.74) is -0.169. The SMILES string of the molecule is C[C@@H]1NC(c2ccc(O)c(=O)[nH]2)=N[C@]1(c1ccc(F)cc1)c1ccnc(F)c1. The van der Waals surface area contributed by atoms with Crippen molar-refractivity contribution in [2.45, 2.75) is 18.5 Å². The molecule has 0 radical (unpaired) electrons. The van der Waals surface area contributed by atoms with Crippen LogP contribution in [0.2, 0.25) is 0 Å². The van der Waals surface area contributed by atoms with E-state index in [1.807, 2.05) is 6.92 Å². The lowest BCUT2D eigenvalue weighted by atomic mass is 9.79. The normalized spacial score (nSPS) is 21.2. The van der Waals surface area contributed by atoms with Crippen molar-refractivity contribution < 1.29 is 13.9 Å². The van der Waals surface area contributed by atoms with Crippen LogP contribution in [-0.2, 0) is 5.54 Å². The van der Waals surface area contributed by atoms with Gasteiger partial charge >= 0.3 is 0 Å². The van der Waals surface area contributed by atoms with Gasteiger partial charge in [0.15, 0.2) is 5.75 Å². The van der Waals surface area contributed by atoms with Gasteiger partial charge in [-0.05, 0) is 54.4 Å². The zero-order valence-corrected chi connectivity index (χ0v) is 14.8. The minimum absolute atomic E-state index is 0.355. The summed E-state index contributed by atoms with van der Waals surface area (Å²) in [5.74, 6) is -1.10. The molecule has 0 amide bonds. The quantitative estimate of drug-likeness (QED) is 0.607. The Morgan fingerprint density at radius 3 is 2.50 bits per heavy atom. The Morgan fingerprint density at radius 2 is 1.82 bits per heavy atom. The van der Waals surface area contributed by atoms with Crippen LogP contribution in [0.1, 0.15) is 23.7 Å². The highest BCUT2D eigenvalue weighted by molar-refractivity contribution is 5.99. The van der Waals surface area contributed by atoms with Crippen molar-refractivity contribution in [3.63, 3.8) is 0 Å². The largest absolute Gasteiger partial charge is 0.503 e. The Hall–Kier alpha value is -3.55. The van der Waals surface area contributed by atoms with E-state index in [1.54, 1.807) is 18.2 Å². The van der Waals surface area contributed by atoms with Gasteiger partial charge in [0.2, 0.25) is 5.95 Å². The number of H-pyrrole nitrogens is 1. The fourth-order valence-corrected chi connectivity index (χ4v) is 3.50. The number of nitrogens with zero attached hydrogens (tertiary/aromatic N) is 2. The van der Waals surface area contributed by atoms with E-state index in [9.17, 15) is 18.7 Å². The van der Waals surface area contributed by atoms with Crippen LogP contribution in [0.5, 0.6) is 5.75 Å². The van der Waals surface area contributed by atoms with Gasteiger partial charge in [-0.3, -0.25) is 4.79 Å². The van der Waals surface area contributed by atoms with E-state index in [4.69, 9.17) is 4.99 Å². The highest BCUT2D eigenvalue weighted by atomic mass is 19.1. The second kappa shape index (κ2) is 6.56. The fraction of sp³-hybridized carbons (Fsp3) is 0.150. The van der Waals surface area contributed by atoms with Crippen molar-refractivity contribution in [1.82, 2.24) is 15.3 Å². The van der Waals surface area contributed by atoms with E-state index in [2.05, 4.69) is 15.3 Å². The molecule has 28 heavy (non-hydrogen) atoms. The summed E-state index contributed by atoms with van der Waals surface area (Å²) >= 11 is 0. The number of rotatable bonds is 3. The lowest BCUT2D eigenvalue weighted by Crippen LogP contribution is -2.41. The molecule has 6 nitrogen and oxygen atoms in total. The van der Waals surface area contributed by atoms with E-state index in [1.165, 1.54) is 36.5 Å². The number of pyridine rings is 2. The van der Waals surface area contributed by atoms with Gasteiger partial charge in [0.1, 0.15) is 17.2 Å². The lowest BCUT2D eigenvalue weighted by Gasteiger charge is -2.31. The van der Waals surface area contributed by atoms with E-state index in [0.717, 1.165) is 0 Å². The molecule has 3 aromatic rings. The Balaban J connectivity index is 1.94. The first-order valence-electron chi connectivity index (χ1n) is 8.57. The Labute approximate surface area is 158 Å². The molecule has 2 aromatic heterocycles. The van der Waals surface area contributed by atoms with Crippen molar-refractivity contribution >= 4 is 5.84 Å². The van der Waals surface area contributed by atoms with Crippen molar-refractivity contribution in [3.8, 4) is 5.75 Å². The minimum atomic E-state index is -1.07. The fourth-order valence-electron chi connectivity index (χ4n) is 3.50. The second-order valence-corrected chi connectivity index (χ2v) is 6.55. The van der Waals surface area contributed by atoms with Gasteiger partial charge in [0, 0.05) is 6.20 Å².